The summed E-state index contributed by atoms with van der Waals surface area (Å²) in [6.07, 6.45) is 4.65. The third-order valence-electron chi connectivity index (χ3n) is 5.14. The summed E-state index contributed by atoms with van der Waals surface area (Å²) in [5.74, 6) is -0.807. The van der Waals surface area contributed by atoms with Crippen molar-refractivity contribution in [3.05, 3.63) is 65.7 Å². The van der Waals surface area contributed by atoms with E-state index in [2.05, 4.69) is 15.3 Å². The summed E-state index contributed by atoms with van der Waals surface area (Å²) in [5, 5.41) is 3.39. The van der Waals surface area contributed by atoms with Crippen molar-refractivity contribution in [2.45, 2.75) is 19.8 Å². The number of piperidine rings is 1. The molecule has 1 aliphatic heterocycles. The summed E-state index contributed by atoms with van der Waals surface area (Å²) >= 11 is 0. The van der Waals surface area contributed by atoms with Gasteiger partial charge in [0.15, 0.2) is 0 Å². The number of amides is 2. The number of pyridine rings is 2. The minimum absolute atomic E-state index is 0.166. The molecule has 29 heavy (non-hydrogen) atoms. The van der Waals surface area contributed by atoms with Crippen molar-refractivity contribution in [1.82, 2.24) is 14.9 Å². The van der Waals surface area contributed by atoms with Crippen LogP contribution in [-0.4, -0.2) is 39.8 Å². The van der Waals surface area contributed by atoms with E-state index in [1.807, 2.05) is 13.0 Å². The molecule has 4 rings (SSSR count). The Morgan fingerprint density at radius 1 is 1.21 bits per heavy atom. The molecular weight excluding hydrogens is 371 g/mol. The fourth-order valence-electron chi connectivity index (χ4n) is 3.63. The van der Waals surface area contributed by atoms with Crippen molar-refractivity contribution in [3.63, 3.8) is 0 Å². The van der Waals surface area contributed by atoms with Gasteiger partial charge < -0.3 is 10.2 Å². The highest BCUT2D eigenvalue weighted by atomic mass is 19.1. The third kappa shape index (κ3) is 4.08. The molecule has 1 aliphatic rings. The fourth-order valence-corrected chi connectivity index (χ4v) is 3.63. The van der Waals surface area contributed by atoms with Gasteiger partial charge in [0.1, 0.15) is 11.6 Å². The zero-order valence-electron chi connectivity index (χ0n) is 16.1. The highest BCUT2D eigenvalue weighted by molar-refractivity contribution is 6.05. The van der Waals surface area contributed by atoms with Crippen LogP contribution in [0.25, 0.3) is 10.9 Å². The van der Waals surface area contributed by atoms with E-state index in [0.29, 0.717) is 36.1 Å². The Morgan fingerprint density at radius 3 is 2.86 bits per heavy atom. The highest BCUT2D eigenvalue weighted by Crippen LogP contribution is 2.24. The second kappa shape index (κ2) is 7.95. The fraction of sp³-hybridized carbons (Fsp3) is 0.273. The number of carbonyl (C=O) groups is 2. The SMILES string of the molecule is Cc1ccc(NC(=O)[C@H]2CCCN(C(=O)c3cc(F)cc4cccnc34)C2)nc1. The number of likely N-dealkylation sites (tertiary alicyclic amines) is 1. The Bertz CT molecular complexity index is 1070. The lowest BCUT2D eigenvalue weighted by Gasteiger charge is -2.32. The van der Waals surface area contributed by atoms with E-state index in [1.165, 1.54) is 12.1 Å². The van der Waals surface area contributed by atoms with Gasteiger partial charge in [0.2, 0.25) is 5.91 Å². The first-order valence-corrected chi connectivity index (χ1v) is 9.58. The third-order valence-corrected chi connectivity index (χ3v) is 5.14. The van der Waals surface area contributed by atoms with Crippen LogP contribution in [0.5, 0.6) is 0 Å². The lowest BCUT2D eigenvalue weighted by Crippen LogP contribution is -2.44. The zero-order chi connectivity index (χ0) is 20.4. The van der Waals surface area contributed by atoms with Crippen molar-refractivity contribution in [2.24, 2.45) is 5.92 Å². The van der Waals surface area contributed by atoms with Crippen LogP contribution in [0.1, 0.15) is 28.8 Å². The van der Waals surface area contributed by atoms with Gasteiger partial charge in [0.05, 0.1) is 17.0 Å². The van der Waals surface area contributed by atoms with E-state index in [-0.39, 0.29) is 29.8 Å². The van der Waals surface area contributed by atoms with Crippen LogP contribution >= 0.6 is 0 Å². The Balaban J connectivity index is 1.52. The smallest absolute Gasteiger partial charge is 0.256 e. The number of aryl methyl sites for hydroxylation is 1. The normalized spacial score (nSPS) is 16.6. The first kappa shape index (κ1) is 19.0. The number of nitrogens with one attached hydrogen (secondary N) is 1. The van der Waals surface area contributed by atoms with Gasteiger partial charge in [-0.25, -0.2) is 9.37 Å². The van der Waals surface area contributed by atoms with Crippen LogP contribution in [0.3, 0.4) is 0 Å². The van der Waals surface area contributed by atoms with Gasteiger partial charge >= 0.3 is 0 Å². The van der Waals surface area contributed by atoms with Crippen molar-refractivity contribution in [1.29, 1.82) is 0 Å². The number of aromatic nitrogens is 2. The van der Waals surface area contributed by atoms with E-state index in [1.54, 1.807) is 35.5 Å². The number of benzene rings is 1. The summed E-state index contributed by atoms with van der Waals surface area (Å²) < 4.78 is 14.0. The first-order chi connectivity index (χ1) is 14.0. The molecular formula is C22H21FN4O2. The van der Waals surface area contributed by atoms with Crippen molar-refractivity contribution in [2.75, 3.05) is 18.4 Å². The highest BCUT2D eigenvalue weighted by Gasteiger charge is 2.30. The monoisotopic (exact) mass is 392 g/mol. The molecule has 1 atom stereocenters. The molecule has 0 spiro atoms. The second-order valence-electron chi connectivity index (χ2n) is 7.33. The van der Waals surface area contributed by atoms with Gasteiger partial charge in [0, 0.05) is 30.9 Å². The van der Waals surface area contributed by atoms with E-state index >= 15 is 0 Å². The molecule has 0 bridgehead atoms. The number of halogens is 1. The molecule has 3 aromatic rings. The molecule has 0 radical (unpaired) electrons. The first-order valence-electron chi connectivity index (χ1n) is 9.58. The number of nitrogens with zero attached hydrogens (tertiary/aromatic N) is 3. The lowest BCUT2D eigenvalue weighted by molar-refractivity contribution is -0.121. The van der Waals surface area contributed by atoms with Gasteiger partial charge in [0.25, 0.3) is 5.91 Å². The quantitative estimate of drug-likeness (QED) is 0.739. The standard InChI is InChI=1S/C22H21FN4O2/c1-14-6-7-19(25-12-14)26-21(28)16-5-3-9-27(13-16)22(29)18-11-17(23)10-15-4-2-8-24-20(15)18/h2,4,6-8,10-12,16H,3,5,9,13H2,1H3,(H,25,26,28)/t16-/m0/s1. The molecule has 6 nitrogen and oxygen atoms in total. The molecule has 1 N–H and O–H groups in total. The minimum Gasteiger partial charge on any atom is -0.338 e. The van der Waals surface area contributed by atoms with Gasteiger partial charge in [-0.1, -0.05) is 12.1 Å². The van der Waals surface area contributed by atoms with Crippen LogP contribution in [-0.2, 0) is 4.79 Å². The number of hydrogen-bond acceptors (Lipinski definition) is 4. The maximum atomic E-state index is 14.0. The second-order valence-corrected chi connectivity index (χ2v) is 7.33. The predicted octanol–water partition coefficient (Wildman–Crippen LogP) is 3.57. The van der Waals surface area contributed by atoms with Crippen LogP contribution in [0.15, 0.2) is 48.8 Å². The van der Waals surface area contributed by atoms with Crippen LogP contribution in [0.4, 0.5) is 10.2 Å². The Morgan fingerprint density at radius 2 is 2.07 bits per heavy atom. The van der Waals surface area contributed by atoms with Crippen LogP contribution in [0, 0.1) is 18.7 Å². The Hall–Kier alpha value is -3.35. The molecule has 0 aliphatic carbocycles. The molecule has 2 aromatic heterocycles. The summed E-state index contributed by atoms with van der Waals surface area (Å²) in [4.78, 5) is 35.8. The number of anilines is 1. The summed E-state index contributed by atoms with van der Waals surface area (Å²) in [6.45, 7) is 2.73. The molecule has 0 unspecified atom stereocenters. The number of fused-ring (bicyclic) bond motifs is 1. The van der Waals surface area contributed by atoms with E-state index in [4.69, 9.17) is 0 Å². The summed E-state index contributed by atoms with van der Waals surface area (Å²) in [5.41, 5.74) is 1.70. The minimum atomic E-state index is -0.481. The largest absolute Gasteiger partial charge is 0.338 e. The van der Waals surface area contributed by atoms with E-state index < -0.39 is 5.82 Å². The summed E-state index contributed by atoms with van der Waals surface area (Å²) in [7, 11) is 0. The van der Waals surface area contributed by atoms with Crippen molar-refractivity contribution >= 4 is 28.5 Å². The van der Waals surface area contributed by atoms with Crippen LogP contribution in [0.2, 0.25) is 0 Å². The van der Waals surface area contributed by atoms with Crippen molar-refractivity contribution < 1.29 is 14.0 Å². The average molecular weight is 392 g/mol. The Kier molecular flexibility index (Phi) is 5.20. The van der Waals surface area contributed by atoms with Gasteiger partial charge in [-0.05, 0) is 49.6 Å². The lowest BCUT2D eigenvalue weighted by atomic mass is 9.96. The van der Waals surface area contributed by atoms with Gasteiger partial charge in [-0.15, -0.1) is 0 Å². The molecule has 0 saturated carbocycles. The van der Waals surface area contributed by atoms with Gasteiger partial charge in [-0.2, -0.15) is 0 Å². The molecule has 1 aromatic carbocycles. The van der Waals surface area contributed by atoms with Crippen LogP contribution < -0.4 is 5.32 Å². The summed E-state index contributed by atoms with van der Waals surface area (Å²) in [6, 6.07) is 9.64. The maximum absolute atomic E-state index is 14.0. The molecule has 7 heteroatoms. The molecule has 148 valence electrons. The molecule has 1 fully saturated rings. The predicted molar refractivity (Wildman–Crippen MR) is 108 cm³/mol. The molecule has 3 heterocycles. The topological polar surface area (TPSA) is 75.2 Å². The number of carbonyl (C=O) groups excluding carboxylic acids is 2. The average Bonchev–Trinajstić information content (AvgIpc) is 2.74. The zero-order valence-corrected chi connectivity index (χ0v) is 16.1. The van der Waals surface area contributed by atoms with Crippen molar-refractivity contribution in [3.8, 4) is 0 Å². The number of hydrogen-bond donors (Lipinski definition) is 1. The molecule has 1 saturated heterocycles. The van der Waals surface area contributed by atoms with E-state index in [9.17, 15) is 14.0 Å². The van der Waals surface area contributed by atoms with Gasteiger partial charge in [-0.3, -0.25) is 14.6 Å². The van der Waals surface area contributed by atoms with E-state index in [0.717, 1.165) is 5.56 Å². The molecule has 2 amide bonds. The Labute approximate surface area is 167 Å². The maximum Gasteiger partial charge on any atom is 0.256 e. The number of rotatable bonds is 3.